The van der Waals surface area contributed by atoms with Gasteiger partial charge in [-0.1, -0.05) is 41.1 Å². The zero-order valence-corrected chi connectivity index (χ0v) is 15.7. The number of amides is 3. The average Bonchev–Trinajstić information content (AvgIpc) is 3.29. The van der Waals surface area contributed by atoms with E-state index < -0.39 is 0 Å². The molecule has 0 saturated carbocycles. The lowest BCUT2D eigenvalue weighted by Gasteiger charge is -2.13. The molecule has 0 fully saturated rings. The Bertz CT molecular complexity index is 1070. The van der Waals surface area contributed by atoms with Crippen LogP contribution in [0.1, 0.15) is 38.6 Å². The van der Waals surface area contributed by atoms with Gasteiger partial charge in [0.2, 0.25) is 17.6 Å². The van der Waals surface area contributed by atoms with E-state index >= 15 is 0 Å². The van der Waals surface area contributed by atoms with Gasteiger partial charge in [-0.15, -0.1) is 0 Å². The molecule has 0 bridgehead atoms. The lowest BCUT2D eigenvalue weighted by molar-refractivity contribution is -0.121. The maximum absolute atomic E-state index is 12.3. The standard InChI is InChI=1S/C21H18N4O4/c1-13-5-4-6-14(11-13)19-23-18(29-24-19)12-22-17(26)9-10-25-20(27)15-7-2-3-8-16(15)21(25)28/h2-8,11H,9-10,12H2,1H3,(H,22,26). The van der Waals surface area contributed by atoms with E-state index in [1.165, 1.54) is 0 Å². The molecule has 29 heavy (non-hydrogen) atoms. The minimum absolute atomic E-state index is 0.00958. The van der Waals surface area contributed by atoms with Crippen LogP contribution in [0.3, 0.4) is 0 Å². The fraction of sp³-hybridized carbons (Fsp3) is 0.190. The van der Waals surface area contributed by atoms with Gasteiger partial charge in [0, 0.05) is 18.5 Å². The van der Waals surface area contributed by atoms with Crippen molar-refractivity contribution in [3.8, 4) is 11.4 Å². The molecule has 0 aliphatic carbocycles. The summed E-state index contributed by atoms with van der Waals surface area (Å²) in [6, 6.07) is 14.3. The van der Waals surface area contributed by atoms with E-state index in [0.717, 1.165) is 16.0 Å². The maximum atomic E-state index is 12.3. The van der Waals surface area contributed by atoms with Crippen LogP contribution >= 0.6 is 0 Å². The monoisotopic (exact) mass is 390 g/mol. The van der Waals surface area contributed by atoms with Crippen molar-refractivity contribution in [3.63, 3.8) is 0 Å². The third kappa shape index (κ3) is 3.77. The fourth-order valence-corrected chi connectivity index (χ4v) is 3.15. The summed E-state index contributed by atoms with van der Waals surface area (Å²) >= 11 is 0. The predicted octanol–water partition coefficient (Wildman–Crippen LogP) is 2.35. The summed E-state index contributed by atoms with van der Waals surface area (Å²) in [7, 11) is 0. The number of nitrogens with zero attached hydrogens (tertiary/aromatic N) is 3. The summed E-state index contributed by atoms with van der Waals surface area (Å²) in [6.45, 7) is 2.05. The fourth-order valence-electron chi connectivity index (χ4n) is 3.15. The van der Waals surface area contributed by atoms with E-state index in [9.17, 15) is 14.4 Å². The Morgan fingerprint density at radius 3 is 2.48 bits per heavy atom. The summed E-state index contributed by atoms with van der Waals surface area (Å²) in [4.78, 5) is 42.1. The number of aryl methyl sites for hydroxylation is 1. The summed E-state index contributed by atoms with van der Waals surface area (Å²) in [5.41, 5.74) is 2.65. The smallest absolute Gasteiger partial charge is 0.261 e. The minimum atomic E-state index is -0.377. The van der Waals surface area contributed by atoms with Crippen LogP contribution in [0.4, 0.5) is 0 Å². The van der Waals surface area contributed by atoms with E-state index in [-0.39, 0.29) is 43.1 Å². The summed E-state index contributed by atoms with van der Waals surface area (Å²) < 4.78 is 5.17. The number of carbonyl (C=O) groups excluding carboxylic acids is 3. The molecule has 1 aliphatic heterocycles. The number of imide groups is 1. The molecule has 2 heterocycles. The van der Waals surface area contributed by atoms with Gasteiger partial charge < -0.3 is 9.84 Å². The van der Waals surface area contributed by atoms with Crippen molar-refractivity contribution in [2.45, 2.75) is 19.9 Å². The van der Waals surface area contributed by atoms with Crippen LogP contribution in [-0.2, 0) is 11.3 Å². The molecule has 0 unspecified atom stereocenters. The predicted molar refractivity (Wildman–Crippen MR) is 103 cm³/mol. The van der Waals surface area contributed by atoms with Gasteiger partial charge >= 0.3 is 0 Å². The number of rotatable bonds is 6. The first-order valence-corrected chi connectivity index (χ1v) is 9.14. The van der Waals surface area contributed by atoms with Crippen LogP contribution in [0.2, 0.25) is 0 Å². The van der Waals surface area contributed by atoms with Crippen molar-refractivity contribution in [2.24, 2.45) is 0 Å². The number of fused-ring (bicyclic) bond motifs is 1. The Kier molecular flexibility index (Phi) is 4.90. The summed E-state index contributed by atoms with van der Waals surface area (Å²) in [6.07, 6.45) is -0.00958. The molecular formula is C21H18N4O4. The van der Waals surface area contributed by atoms with Crippen LogP contribution in [0.5, 0.6) is 0 Å². The highest BCUT2D eigenvalue weighted by atomic mass is 16.5. The molecule has 8 heteroatoms. The van der Waals surface area contributed by atoms with Crippen LogP contribution in [0.15, 0.2) is 53.1 Å². The molecule has 0 saturated heterocycles. The first kappa shape index (κ1) is 18.5. The van der Waals surface area contributed by atoms with Gasteiger partial charge in [0.1, 0.15) is 0 Å². The van der Waals surface area contributed by atoms with Crippen molar-refractivity contribution in [1.82, 2.24) is 20.4 Å². The summed E-state index contributed by atoms with van der Waals surface area (Å²) in [5, 5.41) is 6.59. The third-order valence-electron chi connectivity index (χ3n) is 4.62. The molecule has 8 nitrogen and oxygen atoms in total. The minimum Gasteiger partial charge on any atom is -0.347 e. The van der Waals surface area contributed by atoms with Gasteiger partial charge in [0.15, 0.2) is 0 Å². The second-order valence-electron chi connectivity index (χ2n) is 6.72. The number of carbonyl (C=O) groups is 3. The second-order valence-corrected chi connectivity index (χ2v) is 6.72. The van der Waals surface area contributed by atoms with E-state index in [4.69, 9.17) is 4.52 Å². The van der Waals surface area contributed by atoms with Gasteiger partial charge in [0.05, 0.1) is 17.7 Å². The number of benzene rings is 2. The van der Waals surface area contributed by atoms with Gasteiger partial charge in [0.25, 0.3) is 11.8 Å². The van der Waals surface area contributed by atoms with E-state index in [2.05, 4.69) is 15.5 Å². The van der Waals surface area contributed by atoms with Crippen LogP contribution in [0.25, 0.3) is 11.4 Å². The first-order valence-electron chi connectivity index (χ1n) is 9.14. The zero-order chi connectivity index (χ0) is 20.4. The van der Waals surface area contributed by atoms with E-state index in [1.807, 2.05) is 31.2 Å². The first-order chi connectivity index (χ1) is 14.0. The van der Waals surface area contributed by atoms with Gasteiger partial charge in [-0.3, -0.25) is 19.3 Å². The van der Waals surface area contributed by atoms with Gasteiger partial charge in [-0.25, -0.2) is 0 Å². The molecule has 4 rings (SSSR count). The van der Waals surface area contributed by atoms with Crippen LogP contribution < -0.4 is 5.32 Å². The van der Waals surface area contributed by atoms with E-state index in [1.54, 1.807) is 24.3 Å². The van der Waals surface area contributed by atoms with Gasteiger partial charge in [-0.2, -0.15) is 4.98 Å². The molecule has 0 atom stereocenters. The molecule has 2 aromatic carbocycles. The molecule has 1 aliphatic rings. The Morgan fingerprint density at radius 1 is 1.07 bits per heavy atom. The van der Waals surface area contributed by atoms with Gasteiger partial charge in [-0.05, 0) is 25.1 Å². The molecule has 1 N–H and O–H groups in total. The molecule has 3 aromatic rings. The van der Waals surface area contributed by atoms with Crippen LogP contribution in [0, 0.1) is 6.92 Å². The largest absolute Gasteiger partial charge is 0.347 e. The number of hydrogen-bond acceptors (Lipinski definition) is 6. The SMILES string of the molecule is Cc1cccc(-c2noc(CNC(=O)CCN3C(=O)c4ccccc4C3=O)n2)c1. The number of hydrogen-bond donors (Lipinski definition) is 1. The highest BCUT2D eigenvalue weighted by Gasteiger charge is 2.34. The highest BCUT2D eigenvalue weighted by molar-refractivity contribution is 6.21. The average molecular weight is 390 g/mol. The Hall–Kier alpha value is -3.81. The third-order valence-corrected chi connectivity index (χ3v) is 4.62. The summed E-state index contributed by atoms with van der Waals surface area (Å²) in [5.74, 6) is -0.354. The van der Waals surface area contributed by atoms with Crippen molar-refractivity contribution >= 4 is 17.7 Å². The Balaban J connectivity index is 1.30. The van der Waals surface area contributed by atoms with Crippen molar-refractivity contribution in [2.75, 3.05) is 6.54 Å². The number of aromatic nitrogens is 2. The van der Waals surface area contributed by atoms with E-state index in [0.29, 0.717) is 17.0 Å². The van der Waals surface area contributed by atoms with Crippen molar-refractivity contribution in [1.29, 1.82) is 0 Å². The normalized spacial score (nSPS) is 12.9. The zero-order valence-electron chi connectivity index (χ0n) is 15.7. The molecule has 0 radical (unpaired) electrons. The quantitative estimate of drug-likeness (QED) is 0.648. The van der Waals surface area contributed by atoms with Crippen LogP contribution in [-0.4, -0.2) is 39.3 Å². The Morgan fingerprint density at radius 2 is 1.79 bits per heavy atom. The second kappa shape index (κ2) is 7.67. The molecule has 3 amide bonds. The molecule has 1 aromatic heterocycles. The highest BCUT2D eigenvalue weighted by Crippen LogP contribution is 2.22. The number of nitrogens with one attached hydrogen (secondary N) is 1. The lowest BCUT2D eigenvalue weighted by atomic mass is 10.1. The Labute approximate surface area is 166 Å². The lowest BCUT2D eigenvalue weighted by Crippen LogP contribution is -2.34. The van der Waals surface area contributed by atoms with Crippen molar-refractivity contribution in [3.05, 3.63) is 71.1 Å². The molecule has 0 spiro atoms. The maximum Gasteiger partial charge on any atom is 0.261 e. The molecular weight excluding hydrogens is 372 g/mol. The van der Waals surface area contributed by atoms with Crippen molar-refractivity contribution < 1.29 is 18.9 Å². The topological polar surface area (TPSA) is 105 Å². The molecule has 146 valence electrons.